The van der Waals surface area contributed by atoms with Crippen LogP contribution in [0.5, 0.6) is 0 Å². The molecular formula is C36H24Cl2N2O. The lowest BCUT2D eigenvalue weighted by atomic mass is 9.71. The van der Waals surface area contributed by atoms with Crippen LogP contribution in [-0.2, 0) is 10.3 Å². The van der Waals surface area contributed by atoms with E-state index in [0.717, 1.165) is 39.2 Å². The summed E-state index contributed by atoms with van der Waals surface area (Å²) in [5.74, 6) is -0.417. The van der Waals surface area contributed by atoms with E-state index in [9.17, 15) is 0 Å². The molecule has 0 fully saturated rings. The second kappa shape index (κ2) is 10.2. The molecule has 0 amide bonds. The molecule has 1 heterocycles. The number of ketones is 1. The minimum atomic E-state index is -1.16. The maximum absolute atomic E-state index is 15.2. The minimum absolute atomic E-state index is 0.00728. The molecule has 0 N–H and O–H groups in total. The number of benzene rings is 5. The van der Waals surface area contributed by atoms with Crippen molar-refractivity contribution in [2.24, 2.45) is 5.10 Å². The van der Waals surface area contributed by atoms with Crippen molar-refractivity contribution in [3.05, 3.63) is 171 Å². The van der Waals surface area contributed by atoms with E-state index in [-0.39, 0.29) is 5.78 Å². The predicted molar refractivity (Wildman–Crippen MR) is 169 cm³/mol. The number of hydrogen-bond acceptors (Lipinski definition) is 3. The number of rotatable bonds is 4. The molecule has 7 rings (SSSR count). The number of halogens is 2. The summed E-state index contributed by atoms with van der Waals surface area (Å²) in [4.78, 5) is 15.2. The fourth-order valence-corrected chi connectivity index (χ4v) is 6.40. The van der Waals surface area contributed by atoms with Crippen molar-refractivity contribution in [3.8, 4) is 0 Å². The molecule has 5 aromatic carbocycles. The summed E-state index contributed by atoms with van der Waals surface area (Å²) in [6, 6.07) is 43.5. The molecule has 1 aliphatic carbocycles. The van der Waals surface area contributed by atoms with Gasteiger partial charge in [0.25, 0.3) is 0 Å². The van der Waals surface area contributed by atoms with Crippen LogP contribution < -0.4 is 5.01 Å². The number of hydrazone groups is 1. The summed E-state index contributed by atoms with van der Waals surface area (Å²) >= 11 is 12.5. The Balaban J connectivity index is 1.55. The highest BCUT2D eigenvalue weighted by Gasteiger charge is 2.63. The van der Waals surface area contributed by atoms with Crippen molar-refractivity contribution < 1.29 is 4.79 Å². The summed E-state index contributed by atoms with van der Waals surface area (Å²) in [6.07, 6.45) is 1.97. The van der Waals surface area contributed by atoms with Crippen LogP contribution in [0.2, 0.25) is 10.0 Å². The third-order valence-corrected chi connectivity index (χ3v) is 8.41. The van der Waals surface area contributed by atoms with Gasteiger partial charge in [-0.25, -0.2) is 5.01 Å². The highest BCUT2D eigenvalue weighted by Crippen LogP contribution is 2.58. The molecule has 0 aromatic heterocycles. The normalized spacial score (nSPS) is 20.5. The molecule has 2 aliphatic rings. The highest BCUT2D eigenvalue weighted by molar-refractivity contribution is 6.37. The molecule has 5 heteroatoms. The van der Waals surface area contributed by atoms with Crippen LogP contribution in [0.15, 0.2) is 139 Å². The SMILES string of the molecule is O=C1/C(=C/c2ccc(Cl)cc2)c2ccccc2[C@]12[C@@H](c1ccc(Cl)cc1)C(c1ccccc1)=NN2c1ccccc1. The average Bonchev–Trinajstić information content (AvgIpc) is 3.49. The summed E-state index contributed by atoms with van der Waals surface area (Å²) in [6.45, 7) is 0. The molecule has 0 radical (unpaired) electrons. The average molecular weight is 572 g/mol. The Hall–Kier alpha value is -4.44. The number of nitrogens with zero attached hydrogens (tertiary/aromatic N) is 2. The molecule has 1 aliphatic heterocycles. The van der Waals surface area contributed by atoms with Gasteiger partial charge in [-0.3, -0.25) is 4.79 Å². The molecule has 2 atom stereocenters. The molecular weight excluding hydrogens is 547 g/mol. The topological polar surface area (TPSA) is 32.7 Å². The van der Waals surface area contributed by atoms with Crippen LogP contribution in [-0.4, -0.2) is 11.5 Å². The zero-order valence-electron chi connectivity index (χ0n) is 21.9. The lowest BCUT2D eigenvalue weighted by Crippen LogP contribution is -2.49. The maximum atomic E-state index is 15.2. The molecule has 41 heavy (non-hydrogen) atoms. The summed E-state index contributed by atoms with van der Waals surface area (Å²) in [5.41, 5.74) is 5.81. The van der Waals surface area contributed by atoms with Gasteiger partial charge in [0.1, 0.15) is 0 Å². The van der Waals surface area contributed by atoms with Gasteiger partial charge in [0, 0.05) is 15.6 Å². The van der Waals surface area contributed by atoms with E-state index in [0.29, 0.717) is 15.6 Å². The molecule has 5 aromatic rings. The third kappa shape index (κ3) is 4.12. The third-order valence-electron chi connectivity index (χ3n) is 7.91. The Morgan fingerprint density at radius 2 is 1.27 bits per heavy atom. The fraction of sp³-hybridized carbons (Fsp3) is 0.0556. The van der Waals surface area contributed by atoms with E-state index >= 15 is 4.79 Å². The number of para-hydroxylation sites is 1. The number of fused-ring (bicyclic) bond motifs is 2. The molecule has 0 saturated carbocycles. The van der Waals surface area contributed by atoms with Crippen molar-refractivity contribution in [3.63, 3.8) is 0 Å². The van der Waals surface area contributed by atoms with Gasteiger partial charge in [-0.1, -0.05) is 120 Å². The zero-order chi connectivity index (χ0) is 28.0. The van der Waals surface area contributed by atoms with Crippen LogP contribution in [0.4, 0.5) is 5.69 Å². The van der Waals surface area contributed by atoms with Crippen LogP contribution >= 0.6 is 23.2 Å². The number of carbonyl (C=O) groups excluding carboxylic acids is 1. The van der Waals surface area contributed by atoms with E-state index < -0.39 is 11.5 Å². The molecule has 3 nitrogen and oxygen atoms in total. The Labute approximate surface area is 249 Å². The van der Waals surface area contributed by atoms with Gasteiger partial charge in [0.15, 0.2) is 11.3 Å². The first-order chi connectivity index (χ1) is 20.1. The Morgan fingerprint density at radius 3 is 1.95 bits per heavy atom. The zero-order valence-corrected chi connectivity index (χ0v) is 23.4. The Kier molecular flexibility index (Phi) is 6.34. The molecule has 0 bridgehead atoms. The van der Waals surface area contributed by atoms with E-state index in [1.54, 1.807) is 0 Å². The molecule has 1 spiro atoms. The van der Waals surface area contributed by atoms with Gasteiger partial charge < -0.3 is 0 Å². The largest absolute Gasteiger partial charge is 0.291 e. The van der Waals surface area contributed by atoms with Crippen molar-refractivity contribution in [1.82, 2.24) is 0 Å². The van der Waals surface area contributed by atoms with E-state index in [2.05, 4.69) is 18.2 Å². The summed E-state index contributed by atoms with van der Waals surface area (Å²) in [5, 5.41) is 8.53. The molecule has 0 unspecified atom stereocenters. The van der Waals surface area contributed by atoms with Crippen LogP contribution in [0.25, 0.3) is 11.6 Å². The highest BCUT2D eigenvalue weighted by atomic mass is 35.5. The number of Topliss-reactive ketones (excluding diaryl/α,β-unsaturated/α-hetero) is 1. The van der Waals surface area contributed by atoms with Crippen LogP contribution in [0.1, 0.15) is 33.7 Å². The second-order valence-corrected chi connectivity index (χ2v) is 11.1. The first kappa shape index (κ1) is 25.5. The van der Waals surface area contributed by atoms with Crippen LogP contribution in [0.3, 0.4) is 0 Å². The van der Waals surface area contributed by atoms with Crippen molar-refractivity contribution in [1.29, 1.82) is 0 Å². The maximum Gasteiger partial charge on any atom is 0.196 e. The van der Waals surface area contributed by atoms with Crippen molar-refractivity contribution >= 4 is 52.0 Å². The van der Waals surface area contributed by atoms with Crippen molar-refractivity contribution in [2.75, 3.05) is 5.01 Å². The Morgan fingerprint density at radius 1 is 0.683 bits per heavy atom. The fourth-order valence-electron chi connectivity index (χ4n) is 6.15. The number of hydrogen-bond donors (Lipinski definition) is 0. The second-order valence-electron chi connectivity index (χ2n) is 10.2. The summed E-state index contributed by atoms with van der Waals surface area (Å²) in [7, 11) is 0. The number of anilines is 1. The lowest BCUT2D eigenvalue weighted by Gasteiger charge is -2.38. The van der Waals surface area contributed by atoms with Gasteiger partial charge in [-0.15, -0.1) is 0 Å². The van der Waals surface area contributed by atoms with Gasteiger partial charge in [-0.05, 0) is 70.3 Å². The Bertz CT molecular complexity index is 1810. The summed E-state index contributed by atoms with van der Waals surface area (Å²) < 4.78 is 0. The van der Waals surface area contributed by atoms with Crippen molar-refractivity contribution in [2.45, 2.75) is 11.5 Å². The van der Waals surface area contributed by atoms with Gasteiger partial charge >= 0.3 is 0 Å². The van der Waals surface area contributed by atoms with Gasteiger partial charge in [0.2, 0.25) is 0 Å². The van der Waals surface area contributed by atoms with E-state index in [1.807, 2.05) is 126 Å². The van der Waals surface area contributed by atoms with E-state index in [1.165, 1.54) is 0 Å². The molecule has 198 valence electrons. The van der Waals surface area contributed by atoms with Gasteiger partial charge in [0.05, 0.1) is 17.3 Å². The predicted octanol–water partition coefficient (Wildman–Crippen LogP) is 9.02. The standard InChI is InChI=1S/C36H24Cl2N2O/c37-27-19-15-24(16-20-27)23-31-30-13-7-8-14-32(30)36(35(31)41)33(25-17-21-28(38)22-18-25)34(26-9-3-1-4-10-26)39-40(36)29-11-5-2-6-12-29/h1-23,33H/b31-23+/t33-,36-/m0/s1. The minimum Gasteiger partial charge on any atom is -0.291 e. The van der Waals surface area contributed by atoms with E-state index in [4.69, 9.17) is 28.3 Å². The van der Waals surface area contributed by atoms with Gasteiger partial charge in [-0.2, -0.15) is 5.10 Å². The molecule has 0 saturated heterocycles. The number of carbonyl (C=O) groups is 1. The van der Waals surface area contributed by atoms with Crippen LogP contribution in [0, 0.1) is 0 Å². The monoisotopic (exact) mass is 570 g/mol. The lowest BCUT2D eigenvalue weighted by molar-refractivity contribution is -0.118. The first-order valence-electron chi connectivity index (χ1n) is 13.4. The quantitative estimate of drug-likeness (QED) is 0.202. The first-order valence-corrected chi connectivity index (χ1v) is 14.2. The smallest absolute Gasteiger partial charge is 0.196 e.